The predicted octanol–water partition coefficient (Wildman–Crippen LogP) is 1.29. The van der Waals surface area contributed by atoms with Crippen molar-refractivity contribution in [2.24, 2.45) is 11.7 Å². The van der Waals surface area contributed by atoms with Crippen LogP contribution in [0, 0.1) is 5.92 Å². The first-order valence-electron chi connectivity index (χ1n) is 6.08. The molecule has 0 aromatic heterocycles. The van der Waals surface area contributed by atoms with Crippen molar-refractivity contribution >= 4 is 5.91 Å². The molecule has 1 amide bonds. The highest BCUT2D eigenvalue weighted by Gasteiger charge is 2.13. The Morgan fingerprint density at radius 2 is 1.94 bits per heavy atom. The van der Waals surface area contributed by atoms with Crippen LogP contribution in [0.15, 0.2) is 0 Å². The molecule has 16 heavy (non-hydrogen) atoms. The number of rotatable bonds is 8. The molecule has 0 radical (unpaired) electrons. The molecule has 0 saturated carbocycles. The third kappa shape index (κ3) is 8.68. The summed E-state index contributed by atoms with van der Waals surface area (Å²) >= 11 is 0. The Labute approximate surface area is 98.9 Å². The number of nitrogens with one attached hydrogen (secondary N) is 1. The predicted molar refractivity (Wildman–Crippen MR) is 66.1 cm³/mol. The fraction of sp³-hybridized carbons (Fsp3) is 0.917. The largest absolute Gasteiger partial charge is 0.379 e. The van der Waals surface area contributed by atoms with Crippen LogP contribution in [-0.4, -0.2) is 31.2 Å². The van der Waals surface area contributed by atoms with Gasteiger partial charge in [-0.2, -0.15) is 0 Å². The Kier molecular flexibility index (Phi) is 8.21. The molecule has 0 bridgehead atoms. The van der Waals surface area contributed by atoms with E-state index in [1.54, 1.807) is 0 Å². The van der Waals surface area contributed by atoms with Gasteiger partial charge >= 0.3 is 0 Å². The van der Waals surface area contributed by atoms with Crippen molar-refractivity contribution in [2.75, 3.05) is 13.2 Å². The van der Waals surface area contributed by atoms with Gasteiger partial charge in [-0.1, -0.05) is 13.8 Å². The molecule has 4 heteroatoms. The van der Waals surface area contributed by atoms with Gasteiger partial charge in [0.1, 0.15) is 0 Å². The van der Waals surface area contributed by atoms with Gasteiger partial charge in [-0.3, -0.25) is 4.79 Å². The first-order valence-corrected chi connectivity index (χ1v) is 6.08. The quantitative estimate of drug-likeness (QED) is 0.618. The molecule has 3 N–H and O–H groups in total. The zero-order valence-electron chi connectivity index (χ0n) is 11.0. The van der Waals surface area contributed by atoms with Crippen LogP contribution in [0.25, 0.3) is 0 Å². The van der Waals surface area contributed by atoms with Crippen molar-refractivity contribution in [3.05, 3.63) is 0 Å². The van der Waals surface area contributed by atoms with E-state index in [9.17, 15) is 4.79 Å². The fourth-order valence-corrected chi connectivity index (χ4v) is 1.35. The summed E-state index contributed by atoms with van der Waals surface area (Å²) in [6.45, 7) is 9.43. The maximum absolute atomic E-state index is 11.5. The lowest BCUT2D eigenvalue weighted by atomic mass is 10.0. The second-order valence-electron chi connectivity index (χ2n) is 4.80. The van der Waals surface area contributed by atoms with Crippen molar-refractivity contribution in [3.63, 3.8) is 0 Å². The highest BCUT2D eigenvalue weighted by atomic mass is 16.5. The summed E-state index contributed by atoms with van der Waals surface area (Å²) in [6, 6.07) is -0.383. The highest BCUT2D eigenvalue weighted by Crippen LogP contribution is 2.02. The molecule has 4 nitrogen and oxygen atoms in total. The minimum atomic E-state index is -0.383. The smallest absolute Gasteiger partial charge is 0.236 e. The Balaban J connectivity index is 3.50. The van der Waals surface area contributed by atoms with Gasteiger partial charge in [-0.25, -0.2) is 0 Å². The number of carbonyl (C=O) groups is 1. The van der Waals surface area contributed by atoms with E-state index >= 15 is 0 Å². The normalized spacial score (nSPS) is 13.2. The van der Waals surface area contributed by atoms with Crippen LogP contribution >= 0.6 is 0 Å². The average molecular weight is 230 g/mol. The third-order valence-electron chi connectivity index (χ3n) is 2.13. The van der Waals surface area contributed by atoms with Crippen molar-refractivity contribution < 1.29 is 9.53 Å². The molecule has 0 spiro atoms. The summed E-state index contributed by atoms with van der Waals surface area (Å²) < 4.78 is 5.37. The molecule has 0 aliphatic heterocycles. The van der Waals surface area contributed by atoms with Gasteiger partial charge in [-0.05, 0) is 32.6 Å². The molecular formula is C12H26N2O2. The zero-order chi connectivity index (χ0) is 12.6. The summed E-state index contributed by atoms with van der Waals surface area (Å²) in [5.41, 5.74) is 5.74. The molecule has 0 unspecified atom stereocenters. The third-order valence-corrected chi connectivity index (χ3v) is 2.13. The van der Waals surface area contributed by atoms with Crippen LogP contribution in [0.1, 0.15) is 40.5 Å². The topological polar surface area (TPSA) is 64.4 Å². The molecule has 0 aromatic rings. The molecule has 0 rings (SSSR count). The Morgan fingerprint density at radius 1 is 1.31 bits per heavy atom. The summed E-state index contributed by atoms with van der Waals surface area (Å²) in [7, 11) is 0. The highest BCUT2D eigenvalue weighted by molar-refractivity contribution is 5.81. The second-order valence-corrected chi connectivity index (χ2v) is 4.80. The van der Waals surface area contributed by atoms with E-state index in [4.69, 9.17) is 10.5 Å². The molecule has 0 saturated heterocycles. The van der Waals surface area contributed by atoms with E-state index in [0.717, 1.165) is 12.8 Å². The second kappa shape index (κ2) is 8.53. The number of ether oxygens (including phenoxy) is 1. The van der Waals surface area contributed by atoms with E-state index in [2.05, 4.69) is 19.2 Å². The van der Waals surface area contributed by atoms with Crippen LogP contribution in [0.3, 0.4) is 0 Å². The molecule has 1 atom stereocenters. The summed E-state index contributed by atoms with van der Waals surface area (Å²) in [6.07, 6.45) is 1.81. The molecule has 0 heterocycles. The standard InChI is InChI=1S/C12H26N2O2/c1-9(2)8-11(13)12(15)14-6-5-7-16-10(3)4/h9-11H,5-8,13H2,1-4H3,(H,14,15)/t11-/m0/s1. The van der Waals surface area contributed by atoms with Crippen LogP contribution in [-0.2, 0) is 9.53 Å². The maximum Gasteiger partial charge on any atom is 0.236 e. The van der Waals surface area contributed by atoms with Gasteiger partial charge in [0.2, 0.25) is 5.91 Å². The molecule has 0 aliphatic rings. The lowest BCUT2D eigenvalue weighted by Gasteiger charge is -2.14. The van der Waals surface area contributed by atoms with E-state index in [0.29, 0.717) is 19.1 Å². The van der Waals surface area contributed by atoms with Gasteiger partial charge in [-0.15, -0.1) is 0 Å². The van der Waals surface area contributed by atoms with E-state index in [1.165, 1.54) is 0 Å². The summed E-state index contributed by atoms with van der Waals surface area (Å²) in [5, 5.41) is 2.82. The van der Waals surface area contributed by atoms with Crippen molar-refractivity contribution in [1.82, 2.24) is 5.32 Å². The summed E-state index contributed by atoms with van der Waals surface area (Å²) in [4.78, 5) is 11.5. The molecule has 96 valence electrons. The first-order chi connectivity index (χ1) is 7.43. The maximum atomic E-state index is 11.5. The van der Waals surface area contributed by atoms with Crippen molar-refractivity contribution in [2.45, 2.75) is 52.7 Å². The van der Waals surface area contributed by atoms with Crippen LogP contribution in [0.4, 0.5) is 0 Å². The zero-order valence-corrected chi connectivity index (χ0v) is 11.0. The van der Waals surface area contributed by atoms with Gasteiger partial charge < -0.3 is 15.8 Å². The number of nitrogens with two attached hydrogens (primary N) is 1. The van der Waals surface area contributed by atoms with Gasteiger partial charge in [0, 0.05) is 13.2 Å². The van der Waals surface area contributed by atoms with Crippen LogP contribution < -0.4 is 11.1 Å². The monoisotopic (exact) mass is 230 g/mol. The Hall–Kier alpha value is -0.610. The van der Waals surface area contributed by atoms with Crippen molar-refractivity contribution in [3.8, 4) is 0 Å². The van der Waals surface area contributed by atoms with E-state index in [-0.39, 0.29) is 18.1 Å². The Morgan fingerprint density at radius 3 is 2.44 bits per heavy atom. The lowest BCUT2D eigenvalue weighted by molar-refractivity contribution is -0.122. The minimum absolute atomic E-state index is 0.0572. The molecular weight excluding hydrogens is 204 g/mol. The minimum Gasteiger partial charge on any atom is -0.379 e. The van der Waals surface area contributed by atoms with Gasteiger partial charge in [0.15, 0.2) is 0 Å². The van der Waals surface area contributed by atoms with Gasteiger partial charge in [0.05, 0.1) is 12.1 Å². The number of hydrogen-bond acceptors (Lipinski definition) is 3. The average Bonchev–Trinajstić information content (AvgIpc) is 2.15. The number of hydrogen-bond donors (Lipinski definition) is 2. The molecule has 0 aliphatic carbocycles. The van der Waals surface area contributed by atoms with Gasteiger partial charge in [0.25, 0.3) is 0 Å². The molecule has 0 aromatic carbocycles. The molecule has 0 fully saturated rings. The fourth-order valence-electron chi connectivity index (χ4n) is 1.35. The number of amides is 1. The lowest BCUT2D eigenvalue weighted by Crippen LogP contribution is -2.41. The van der Waals surface area contributed by atoms with Crippen LogP contribution in [0.2, 0.25) is 0 Å². The Bertz CT molecular complexity index is 193. The number of carbonyl (C=O) groups excluding carboxylic acids is 1. The van der Waals surface area contributed by atoms with E-state index in [1.807, 2.05) is 13.8 Å². The first kappa shape index (κ1) is 15.4. The van der Waals surface area contributed by atoms with E-state index < -0.39 is 0 Å². The van der Waals surface area contributed by atoms with Crippen molar-refractivity contribution in [1.29, 1.82) is 0 Å². The summed E-state index contributed by atoms with van der Waals surface area (Å²) in [5.74, 6) is 0.392. The SMILES string of the molecule is CC(C)C[C@H](N)C(=O)NCCCOC(C)C. The van der Waals surface area contributed by atoms with Crippen LogP contribution in [0.5, 0.6) is 0 Å².